The molecule has 1 aromatic heterocycles. The Balaban J connectivity index is 4.34. The van der Waals surface area contributed by atoms with Gasteiger partial charge in [-0.15, -0.1) is 0 Å². The fraction of sp³-hybridized carbons (Fsp3) is 0.357. The number of carbonyl (C=O) groups excluding carboxylic acids is 6. The molecule has 0 aliphatic carbocycles. The minimum absolute atomic E-state index is 0.112. The van der Waals surface area contributed by atoms with E-state index in [0.717, 1.165) is 0 Å². The summed E-state index contributed by atoms with van der Waals surface area (Å²) in [6, 6.07) is 0. The summed E-state index contributed by atoms with van der Waals surface area (Å²) in [4.78, 5) is 78.1. The smallest absolute Gasteiger partial charge is 0.438 e. The van der Waals surface area contributed by atoms with Crippen LogP contribution in [0.3, 0.4) is 0 Å². The lowest BCUT2D eigenvalue weighted by Gasteiger charge is -2.39. The summed E-state index contributed by atoms with van der Waals surface area (Å²) in [5.74, 6) is -14.1. The first-order chi connectivity index (χ1) is 21.6. The predicted molar refractivity (Wildman–Crippen MR) is 168 cm³/mol. The van der Waals surface area contributed by atoms with Crippen molar-refractivity contribution in [2.45, 2.75) is 66.0 Å². The number of carbonyl (C=O) groups is 6. The molecule has 0 N–H and O–H groups in total. The van der Waals surface area contributed by atoms with Crippen molar-refractivity contribution in [3.63, 3.8) is 0 Å². The Labute approximate surface area is 274 Å². The van der Waals surface area contributed by atoms with E-state index in [1.807, 2.05) is 0 Å². The van der Waals surface area contributed by atoms with Crippen molar-refractivity contribution in [1.29, 1.82) is 0 Å². The molecule has 1 rings (SSSR count). The molecule has 0 aliphatic rings. The van der Waals surface area contributed by atoms with Crippen LogP contribution in [-0.4, -0.2) is 67.4 Å². The fourth-order valence-electron chi connectivity index (χ4n) is 2.54. The van der Waals surface area contributed by atoms with Crippen LogP contribution in [0.1, 0.15) is 48.0 Å². The monoisotopic (exact) mass is 712 g/mol. The molecule has 0 aromatic carbocycles. The van der Waals surface area contributed by atoms with Crippen molar-refractivity contribution in [2.75, 3.05) is 0 Å². The second-order valence-electron chi connectivity index (χ2n) is 9.81. The topological polar surface area (TPSA) is 206 Å². The third-order valence-corrected chi connectivity index (χ3v) is 7.83. The third-order valence-electron chi connectivity index (χ3n) is 4.91. The average Bonchev–Trinajstić information content (AvgIpc) is 2.96. The standard InChI is InChI=1S/C28H33N3O13P3/c1-14(2)21(32)38-20(13-27(39-22(33)15(3)4,40-23(34)16(5)6)41-24(35)17(7)8)28(42-25(36)18(9)10,43-26(37)19(11)12)44-47-30-45-29-46-31-47/h20H,1,3,5,7,9,11,13H2,2,4,6,8,10,12H3/q+1. The lowest BCUT2D eigenvalue weighted by molar-refractivity contribution is -0.371. The van der Waals surface area contributed by atoms with E-state index in [0.29, 0.717) is 0 Å². The molecule has 0 saturated carbocycles. The second kappa shape index (κ2) is 17.4. The number of aromatic nitrogens is 3. The minimum Gasteiger partial charge on any atom is -0.447 e. The first kappa shape index (κ1) is 40.5. The van der Waals surface area contributed by atoms with E-state index in [-0.39, 0.29) is 50.5 Å². The number of rotatable bonds is 17. The summed E-state index contributed by atoms with van der Waals surface area (Å²) in [6.45, 7) is 28.2. The van der Waals surface area contributed by atoms with Gasteiger partial charge in [-0.05, 0) is 55.1 Å². The van der Waals surface area contributed by atoms with Gasteiger partial charge in [-0.3, -0.25) is 0 Å². The summed E-state index contributed by atoms with van der Waals surface area (Å²) < 4.78 is 50.4. The largest absolute Gasteiger partial charge is 0.447 e. The third kappa shape index (κ3) is 12.3. The second-order valence-corrected chi connectivity index (χ2v) is 13.0. The van der Waals surface area contributed by atoms with E-state index in [1.165, 1.54) is 41.5 Å². The van der Waals surface area contributed by atoms with Gasteiger partial charge in [0, 0.05) is 33.4 Å². The van der Waals surface area contributed by atoms with Crippen LogP contribution in [0.2, 0.25) is 0 Å². The Morgan fingerprint density at radius 2 is 0.894 bits per heavy atom. The lowest BCUT2D eigenvalue weighted by atomic mass is 10.1. The number of hydrogen-bond acceptors (Lipinski definition) is 16. The van der Waals surface area contributed by atoms with E-state index in [2.05, 4.69) is 53.0 Å². The molecule has 0 spiro atoms. The molecule has 0 radical (unpaired) electrons. The zero-order chi connectivity index (χ0) is 36.3. The van der Waals surface area contributed by atoms with Gasteiger partial charge in [-0.1, -0.05) is 39.5 Å². The maximum absolute atomic E-state index is 13.1. The minimum atomic E-state index is -3.22. The summed E-state index contributed by atoms with van der Waals surface area (Å²) in [7, 11) is -2.19. The molecule has 0 bridgehead atoms. The van der Waals surface area contributed by atoms with Gasteiger partial charge in [-0.25, -0.2) is 28.8 Å². The molecule has 1 heterocycles. The van der Waals surface area contributed by atoms with Crippen LogP contribution in [0.25, 0.3) is 0 Å². The summed E-state index contributed by atoms with van der Waals surface area (Å²) in [6.07, 6.45) is -3.66. The Morgan fingerprint density at radius 1 is 0.574 bits per heavy atom. The molecule has 0 saturated heterocycles. The van der Waals surface area contributed by atoms with E-state index in [9.17, 15) is 28.8 Å². The van der Waals surface area contributed by atoms with Gasteiger partial charge in [0.15, 0.2) is 0 Å². The first-order valence-corrected chi connectivity index (χ1v) is 15.7. The van der Waals surface area contributed by atoms with Crippen molar-refractivity contribution >= 4 is 60.9 Å². The van der Waals surface area contributed by atoms with Crippen LogP contribution in [0.15, 0.2) is 72.9 Å². The van der Waals surface area contributed by atoms with E-state index < -0.39 is 68.4 Å². The van der Waals surface area contributed by atoms with Crippen LogP contribution in [0.4, 0.5) is 0 Å². The highest BCUT2D eigenvalue weighted by Crippen LogP contribution is 2.38. The van der Waals surface area contributed by atoms with Crippen LogP contribution >= 0.6 is 25.1 Å². The zero-order valence-electron chi connectivity index (χ0n) is 26.5. The Kier molecular flexibility index (Phi) is 15.0. The highest BCUT2D eigenvalue weighted by Gasteiger charge is 2.61. The maximum Gasteiger partial charge on any atom is 0.438 e. The van der Waals surface area contributed by atoms with Crippen molar-refractivity contribution in [2.24, 2.45) is 0 Å². The average molecular weight is 713 g/mol. The molecule has 0 amide bonds. The van der Waals surface area contributed by atoms with Gasteiger partial charge >= 0.3 is 72.9 Å². The van der Waals surface area contributed by atoms with Gasteiger partial charge in [-0.2, -0.15) is 4.52 Å². The van der Waals surface area contributed by atoms with E-state index in [1.54, 1.807) is 0 Å². The van der Waals surface area contributed by atoms with Gasteiger partial charge < -0.3 is 28.4 Å². The molecule has 19 heteroatoms. The summed E-state index contributed by atoms with van der Waals surface area (Å²) in [5.41, 5.74) is -1.63. The molecule has 1 atom stereocenters. The molecule has 1 aromatic rings. The van der Waals surface area contributed by atoms with E-state index in [4.69, 9.17) is 32.9 Å². The number of nitrogens with zero attached hydrogens (tertiary/aromatic N) is 3. The van der Waals surface area contributed by atoms with Crippen molar-refractivity contribution in [3.05, 3.63) is 72.9 Å². The lowest BCUT2D eigenvalue weighted by Crippen LogP contribution is -2.60. The van der Waals surface area contributed by atoms with Crippen LogP contribution in [0.5, 0.6) is 0 Å². The fourth-order valence-corrected chi connectivity index (χ4v) is 5.34. The molecule has 0 fully saturated rings. The van der Waals surface area contributed by atoms with Crippen molar-refractivity contribution in [1.82, 2.24) is 13.5 Å². The van der Waals surface area contributed by atoms with Gasteiger partial charge in [0.1, 0.15) is 6.42 Å². The molecule has 1 unspecified atom stereocenters. The van der Waals surface area contributed by atoms with Gasteiger partial charge in [0.2, 0.25) is 6.10 Å². The van der Waals surface area contributed by atoms with Crippen LogP contribution < -0.4 is 4.52 Å². The molecular weight excluding hydrogens is 679 g/mol. The highest BCUT2D eigenvalue weighted by molar-refractivity contribution is 7.50. The first-order valence-electron chi connectivity index (χ1n) is 13.0. The normalized spacial score (nSPS) is 12.2. The van der Waals surface area contributed by atoms with E-state index >= 15 is 0 Å². The van der Waals surface area contributed by atoms with Gasteiger partial charge in [0.05, 0.1) is 0 Å². The van der Waals surface area contributed by atoms with Crippen molar-refractivity contribution in [3.8, 4) is 0 Å². The van der Waals surface area contributed by atoms with Crippen LogP contribution in [0, 0.1) is 0 Å². The number of hydrogen-bond donors (Lipinski definition) is 0. The summed E-state index contributed by atoms with van der Waals surface area (Å²) >= 11 is 0. The molecular formula is C28H33N3O13P3+. The zero-order valence-corrected chi connectivity index (χ0v) is 29.2. The number of esters is 6. The predicted octanol–water partition coefficient (Wildman–Crippen LogP) is 4.51. The Morgan fingerprint density at radius 3 is 1.21 bits per heavy atom. The molecule has 16 nitrogen and oxygen atoms in total. The maximum atomic E-state index is 13.1. The SMILES string of the molecule is C=C(C)C(=O)OC(CC(OC(=O)C(=C)C)(OC(=O)C(=C)C)OC(=O)C(=C)C)C(OC(=O)C(=C)C)(OC(=O)C(=C)C)O[p+]1npnpn1. The summed E-state index contributed by atoms with van der Waals surface area (Å²) in [5, 5.41) is 0. The number of ether oxygens (including phenoxy) is 6. The molecule has 47 heavy (non-hydrogen) atoms. The Bertz CT molecular complexity index is 1440. The van der Waals surface area contributed by atoms with Crippen molar-refractivity contribution < 1.29 is 61.7 Å². The molecule has 0 aliphatic heterocycles. The quantitative estimate of drug-likeness (QED) is 0.0942. The molecule has 252 valence electrons. The van der Waals surface area contributed by atoms with Gasteiger partial charge in [0.25, 0.3) is 0 Å². The Hall–Kier alpha value is -4.48. The highest BCUT2D eigenvalue weighted by atomic mass is 31.2. The van der Waals surface area contributed by atoms with Crippen LogP contribution in [-0.2, 0) is 57.2 Å².